The molecule has 0 fully saturated rings. The fourth-order valence-corrected chi connectivity index (χ4v) is 2.40. The Morgan fingerprint density at radius 3 is 2.67 bits per heavy atom. The molecule has 1 heterocycles. The average Bonchev–Trinajstić information content (AvgIpc) is 2.52. The Labute approximate surface area is 124 Å². The van der Waals surface area contributed by atoms with Gasteiger partial charge in [-0.05, 0) is 37.1 Å². The van der Waals surface area contributed by atoms with Crippen molar-refractivity contribution in [2.75, 3.05) is 6.54 Å². The van der Waals surface area contributed by atoms with Crippen molar-refractivity contribution in [2.45, 2.75) is 32.7 Å². The Morgan fingerprint density at radius 1 is 1.14 bits per heavy atom. The molecule has 0 spiro atoms. The SMILES string of the molecule is CCCNC(c1cccc(F)c1F)c1ncccc1CC. The zero-order valence-corrected chi connectivity index (χ0v) is 12.4. The van der Waals surface area contributed by atoms with E-state index in [1.165, 1.54) is 6.07 Å². The number of pyridine rings is 1. The summed E-state index contributed by atoms with van der Waals surface area (Å²) in [6, 6.07) is 7.68. The van der Waals surface area contributed by atoms with Gasteiger partial charge in [-0.25, -0.2) is 8.78 Å². The van der Waals surface area contributed by atoms with Crippen molar-refractivity contribution in [1.29, 1.82) is 0 Å². The lowest BCUT2D eigenvalue weighted by Crippen LogP contribution is -2.26. The van der Waals surface area contributed by atoms with Crippen LogP contribution in [0.5, 0.6) is 0 Å². The third kappa shape index (κ3) is 3.45. The summed E-state index contributed by atoms with van der Waals surface area (Å²) in [5.41, 5.74) is 2.10. The maximum absolute atomic E-state index is 14.2. The van der Waals surface area contributed by atoms with Gasteiger partial charge in [-0.2, -0.15) is 0 Å². The van der Waals surface area contributed by atoms with Crippen molar-refractivity contribution in [3.8, 4) is 0 Å². The van der Waals surface area contributed by atoms with Gasteiger partial charge < -0.3 is 5.32 Å². The molecule has 21 heavy (non-hydrogen) atoms. The Kier molecular flexibility index (Phi) is 5.39. The highest BCUT2D eigenvalue weighted by Crippen LogP contribution is 2.27. The number of rotatable bonds is 6. The molecule has 1 atom stereocenters. The van der Waals surface area contributed by atoms with E-state index in [1.54, 1.807) is 12.3 Å². The molecule has 4 heteroatoms. The van der Waals surface area contributed by atoms with E-state index in [0.29, 0.717) is 12.1 Å². The van der Waals surface area contributed by atoms with Crippen LogP contribution in [0.3, 0.4) is 0 Å². The van der Waals surface area contributed by atoms with Gasteiger partial charge in [0.05, 0.1) is 11.7 Å². The van der Waals surface area contributed by atoms with Crippen LogP contribution < -0.4 is 5.32 Å². The highest BCUT2D eigenvalue weighted by Gasteiger charge is 2.22. The molecule has 1 N–H and O–H groups in total. The first-order valence-electron chi connectivity index (χ1n) is 7.30. The normalized spacial score (nSPS) is 12.4. The lowest BCUT2D eigenvalue weighted by molar-refractivity contribution is 0.477. The second-order valence-electron chi connectivity index (χ2n) is 4.93. The highest BCUT2D eigenvalue weighted by molar-refractivity contribution is 5.34. The van der Waals surface area contributed by atoms with Crippen LogP contribution in [-0.4, -0.2) is 11.5 Å². The van der Waals surface area contributed by atoms with Crippen molar-refractivity contribution in [3.05, 3.63) is 65.0 Å². The Morgan fingerprint density at radius 2 is 1.95 bits per heavy atom. The van der Waals surface area contributed by atoms with Crippen molar-refractivity contribution < 1.29 is 8.78 Å². The summed E-state index contributed by atoms with van der Waals surface area (Å²) in [5, 5.41) is 3.28. The lowest BCUT2D eigenvalue weighted by atomic mass is 9.97. The van der Waals surface area contributed by atoms with Gasteiger partial charge >= 0.3 is 0 Å². The molecular formula is C17H20F2N2. The van der Waals surface area contributed by atoms with Crippen molar-refractivity contribution in [3.63, 3.8) is 0 Å². The minimum absolute atomic E-state index is 0.303. The molecule has 2 rings (SSSR count). The minimum Gasteiger partial charge on any atom is -0.305 e. The molecule has 0 amide bonds. The van der Waals surface area contributed by atoms with Gasteiger partial charge in [-0.15, -0.1) is 0 Å². The van der Waals surface area contributed by atoms with Crippen LogP contribution in [0.2, 0.25) is 0 Å². The monoisotopic (exact) mass is 290 g/mol. The summed E-state index contributed by atoms with van der Waals surface area (Å²) in [5.74, 6) is -1.64. The van der Waals surface area contributed by atoms with Crippen LogP contribution in [0.4, 0.5) is 8.78 Å². The minimum atomic E-state index is -0.829. The van der Waals surface area contributed by atoms with Gasteiger partial charge in [0.25, 0.3) is 0 Å². The van der Waals surface area contributed by atoms with Gasteiger partial charge in [0.1, 0.15) is 0 Å². The third-order valence-corrected chi connectivity index (χ3v) is 3.47. The highest BCUT2D eigenvalue weighted by atomic mass is 19.2. The van der Waals surface area contributed by atoms with Crippen LogP contribution in [0.15, 0.2) is 36.5 Å². The van der Waals surface area contributed by atoms with Gasteiger partial charge in [-0.3, -0.25) is 4.98 Å². The molecule has 1 aromatic carbocycles. The van der Waals surface area contributed by atoms with Crippen LogP contribution >= 0.6 is 0 Å². The molecule has 0 aliphatic rings. The zero-order valence-electron chi connectivity index (χ0n) is 12.4. The van der Waals surface area contributed by atoms with Crippen molar-refractivity contribution >= 4 is 0 Å². The number of hydrogen-bond donors (Lipinski definition) is 1. The standard InChI is InChI=1S/C17H20F2N2/c1-3-10-20-17(13-8-5-9-14(18)15(13)19)16-12(4-2)7-6-11-21-16/h5-9,11,17,20H,3-4,10H2,1-2H3. The van der Waals surface area contributed by atoms with E-state index >= 15 is 0 Å². The quantitative estimate of drug-likeness (QED) is 0.869. The summed E-state index contributed by atoms with van der Waals surface area (Å²) in [4.78, 5) is 4.40. The molecule has 0 radical (unpaired) electrons. The lowest BCUT2D eigenvalue weighted by Gasteiger charge is -2.21. The molecular weight excluding hydrogens is 270 g/mol. The number of halogens is 2. The van der Waals surface area contributed by atoms with Gasteiger partial charge in [0, 0.05) is 11.8 Å². The van der Waals surface area contributed by atoms with Crippen molar-refractivity contribution in [1.82, 2.24) is 10.3 Å². The van der Waals surface area contributed by atoms with Crippen molar-refractivity contribution in [2.24, 2.45) is 0 Å². The second-order valence-corrected chi connectivity index (χ2v) is 4.93. The summed E-state index contributed by atoms with van der Waals surface area (Å²) >= 11 is 0. The summed E-state index contributed by atoms with van der Waals surface area (Å²) in [6.07, 6.45) is 3.39. The first-order valence-corrected chi connectivity index (χ1v) is 7.30. The molecule has 1 aromatic heterocycles. The van der Waals surface area contributed by atoms with Gasteiger partial charge in [-0.1, -0.05) is 32.0 Å². The number of aromatic nitrogens is 1. The topological polar surface area (TPSA) is 24.9 Å². The largest absolute Gasteiger partial charge is 0.305 e. The number of nitrogens with one attached hydrogen (secondary N) is 1. The number of benzene rings is 1. The first-order chi connectivity index (χ1) is 10.2. The molecule has 0 aliphatic heterocycles. The Balaban J connectivity index is 2.50. The van der Waals surface area contributed by atoms with E-state index in [-0.39, 0.29) is 0 Å². The summed E-state index contributed by atoms with van der Waals surface area (Å²) in [6.45, 7) is 4.77. The predicted octanol–water partition coefficient (Wildman–Crippen LogP) is 4.01. The van der Waals surface area contributed by atoms with Crippen LogP contribution in [0.1, 0.15) is 43.1 Å². The van der Waals surface area contributed by atoms with Crippen LogP contribution in [0.25, 0.3) is 0 Å². The third-order valence-electron chi connectivity index (χ3n) is 3.47. The second kappa shape index (κ2) is 7.27. The number of aryl methyl sites for hydroxylation is 1. The Bertz CT molecular complexity index is 599. The molecule has 2 nitrogen and oxygen atoms in total. The molecule has 0 aliphatic carbocycles. The first kappa shape index (κ1) is 15.6. The zero-order chi connectivity index (χ0) is 15.2. The van der Waals surface area contributed by atoms with E-state index in [4.69, 9.17) is 0 Å². The van der Waals surface area contributed by atoms with E-state index in [1.807, 2.05) is 26.0 Å². The van der Waals surface area contributed by atoms with E-state index in [2.05, 4.69) is 10.3 Å². The molecule has 2 aromatic rings. The van der Waals surface area contributed by atoms with E-state index < -0.39 is 17.7 Å². The number of nitrogens with zero attached hydrogens (tertiary/aromatic N) is 1. The fourth-order valence-electron chi connectivity index (χ4n) is 2.40. The summed E-state index contributed by atoms with van der Waals surface area (Å²) < 4.78 is 27.7. The fraction of sp³-hybridized carbons (Fsp3) is 0.353. The maximum atomic E-state index is 14.2. The smallest absolute Gasteiger partial charge is 0.163 e. The number of hydrogen-bond acceptors (Lipinski definition) is 2. The Hall–Kier alpha value is -1.81. The van der Waals surface area contributed by atoms with E-state index in [9.17, 15) is 8.78 Å². The predicted molar refractivity (Wildman–Crippen MR) is 80.1 cm³/mol. The molecule has 0 saturated carbocycles. The molecule has 0 bridgehead atoms. The van der Waals surface area contributed by atoms with Gasteiger partial charge in [0.15, 0.2) is 11.6 Å². The van der Waals surface area contributed by atoms with Gasteiger partial charge in [0.2, 0.25) is 0 Å². The molecule has 1 unspecified atom stereocenters. The van der Waals surface area contributed by atoms with E-state index in [0.717, 1.165) is 30.2 Å². The molecule has 0 saturated heterocycles. The molecule has 112 valence electrons. The van der Waals surface area contributed by atoms with Crippen LogP contribution in [0, 0.1) is 11.6 Å². The average molecular weight is 290 g/mol. The summed E-state index contributed by atoms with van der Waals surface area (Å²) in [7, 11) is 0. The van der Waals surface area contributed by atoms with Crippen LogP contribution in [-0.2, 0) is 6.42 Å². The maximum Gasteiger partial charge on any atom is 0.163 e.